The molecule has 0 fully saturated rings. The predicted molar refractivity (Wildman–Crippen MR) is 57.4 cm³/mol. The van der Waals surface area contributed by atoms with Gasteiger partial charge in [0.15, 0.2) is 0 Å². The number of alkyl halides is 3. The van der Waals surface area contributed by atoms with Gasteiger partial charge in [-0.2, -0.15) is 13.2 Å². The van der Waals surface area contributed by atoms with E-state index in [1.807, 2.05) is 0 Å². The zero-order valence-corrected chi connectivity index (χ0v) is 9.68. The number of rotatable bonds is 10. The lowest BCUT2D eigenvalue weighted by atomic mass is 10.2. The highest BCUT2D eigenvalue weighted by Crippen LogP contribution is 2.14. The Morgan fingerprint density at radius 3 is 2.41 bits per heavy atom. The van der Waals surface area contributed by atoms with Crippen molar-refractivity contribution >= 4 is 5.91 Å². The molecule has 0 aromatic carbocycles. The topological polar surface area (TPSA) is 64.4 Å². The summed E-state index contributed by atoms with van der Waals surface area (Å²) in [5, 5.41) is 3.04. The predicted octanol–water partition coefficient (Wildman–Crippen LogP) is 1.20. The molecule has 0 rings (SSSR count). The fourth-order valence-corrected chi connectivity index (χ4v) is 1.16. The lowest BCUT2D eigenvalue weighted by Crippen LogP contribution is -2.21. The highest BCUT2D eigenvalue weighted by atomic mass is 19.4. The van der Waals surface area contributed by atoms with Gasteiger partial charge in [0.1, 0.15) is 6.61 Å². The number of halogens is 3. The summed E-state index contributed by atoms with van der Waals surface area (Å²) in [6.45, 7) is 0.236. The second-order valence-corrected chi connectivity index (χ2v) is 3.69. The number of primary amides is 1. The van der Waals surface area contributed by atoms with Crippen molar-refractivity contribution in [1.29, 1.82) is 0 Å². The summed E-state index contributed by atoms with van der Waals surface area (Å²) in [4.78, 5) is 10.4. The van der Waals surface area contributed by atoms with E-state index in [2.05, 4.69) is 10.1 Å². The van der Waals surface area contributed by atoms with Crippen LogP contribution in [0.15, 0.2) is 0 Å². The first-order valence-electron chi connectivity index (χ1n) is 5.55. The van der Waals surface area contributed by atoms with E-state index in [0.717, 1.165) is 19.4 Å². The minimum absolute atomic E-state index is 0.0911. The first-order chi connectivity index (χ1) is 7.92. The van der Waals surface area contributed by atoms with Crippen LogP contribution in [0.5, 0.6) is 0 Å². The number of hydrogen-bond acceptors (Lipinski definition) is 3. The van der Waals surface area contributed by atoms with Crippen LogP contribution in [0.25, 0.3) is 0 Å². The molecule has 0 atom stereocenters. The Balaban J connectivity index is 3.06. The highest BCUT2D eigenvalue weighted by molar-refractivity contribution is 5.73. The summed E-state index contributed by atoms with van der Waals surface area (Å²) in [7, 11) is 0. The van der Waals surface area contributed by atoms with Crippen LogP contribution in [-0.2, 0) is 9.53 Å². The smallest absolute Gasteiger partial charge is 0.372 e. The molecule has 0 heterocycles. The van der Waals surface area contributed by atoms with Gasteiger partial charge in [0.05, 0.1) is 0 Å². The molecule has 0 bridgehead atoms. The molecule has 0 saturated carbocycles. The van der Waals surface area contributed by atoms with Crippen LogP contribution in [0.4, 0.5) is 13.2 Å². The molecule has 0 saturated heterocycles. The summed E-state index contributed by atoms with van der Waals surface area (Å²) >= 11 is 0. The minimum Gasteiger partial charge on any atom is -0.372 e. The molecular formula is C10H19F3N2O2. The van der Waals surface area contributed by atoms with Gasteiger partial charge in [-0.25, -0.2) is 0 Å². The van der Waals surface area contributed by atoms with E-state index in [-0.39, 0.29) is 12.5 Å². The number of carbonyl (C=O) groups excluding carboxylic acids is 1. The van der Waals surface area contributed by atoms with Gasteiger partial charge in [-0.15, -0.1) is 0 Å². The van der Waals surface area contributed by atoms with Gasteiger partial charge in [-0.1, -0.05) is 0 Å². The van der Waals surface area contributed by atoms with E-state index < -0.39 is 12.8 Å². The molecule has 0 aliphatic carbocycles. The van der Waals surface area contributed by atoms with Gasteiger partial charge in [0, 0.05) is 13.0 Å². The average molecular weight is 256 g/mol. The largest absolute Gasteiger partial charge is 0.411 e. The molecule has 4 nitrogen and oxygen atoms in total. The lowest BCUT2D eigenvalue weighted by Gasteiger charge is -2.08. The zero-order chi connectivity index (χ0) is 13.1. The number of nitrogens with one attached hydrogen (secondary N) is 1. The third-order valence-electron chi connectivity index (χ3n) is 1.93. The molecule has 0 aromatic rings. The Kier molecular flexibility index (Phi) is 8.79. The number of nitrogens with two attached hydrogens (primary N) is 1. The van der Waals surface area contributed by atoms with Crippen molar-refractivity contribution in [3.05, 3.63) is 0 Å². The average Bonchev–Trinajstić information content (AvgIpc) is 2.18. The van der Waals surface area contributed by atoms with Gasteiger partial charge in [-0.3, -0.25) is 4.79 Å². The van der Waals surface area contributed by atoms with Crippen LogP contribution in [0, 0.1) is 0 Å². The van der Waals surface area contributed by atoms with Crippen LogP contribution in [0.3, 0.4) is 0 Å². The van der Waals surface area contributed by atoms with Gasteiger partial charge in [0.2, 0.25) is 5.91 Å². The fourth-order valence-electron chi connectivity index (χ4n) is 1.16. The molecular weight excluding hydrogens is 237 g/mol. The molecule has 0 aliphatic rings. The molecule has 1 amide bonds. The van der Waals surface area contributed by atoms with Crippen LogP contribution >= 0.6 is 0 Å². The van der Waals surface area contributed by atoms with Crippen molar-refractivity contribution in [1.82, 2.24) is 5.32 Å². The van der Waals surface area contributed by atoms with Crippen LogP contribution in [-0.4, -0.2) is 38.4 Å². The van der Waals surface area contributed by atoms with Gasteiger partial charge >= 0.3 is 6.18 Å². The summed E-state index contributed by atoms with van der Waals surface area (Å²) < 4.78 is 39.4. The Morgan fingerprint density at radius 1 is 1.18 bits per heavy atom. The number of unbranched alkanes of at least 4 members (excludes halogenated alkanes) is 1. The Bertz CT molecular complexity index is 210. The van der Waals surface area contributed by atoms with Crippen molar-refractivity contribution in [2.75, 3.05) is 26.3 Å². The SMILES string of the molecule is NC(=O)CCCCNCCCOCC(F)(F)F. The molecule has 0 spiro atoms. The maximum absolute atomic E-state index is 11.7. The zero-order valence-electron chi connectivity index (χ0n) is 9.68. The van der Waals surface area contributed by atoms with Crippen molar-refractivity contribution in [2.24, 2.45) is 5.73 Å². The first-order valence-corrected chi connectivity index (χ1v) is 5.55. The number of ether oxygens (including phenoxy) is 1. The summed E-state index contributed by atoms with van der Waals surface area (Å²) in [6, 6.07) is 0. The Labute approximate surface area is 98.7 Å². The second kappa shape index (κ2) is 9.23. The summed E-state index contributed by atoms with van der Waals surface area (Å²) in [5.41, 5.74) is 4.96. The lowest BCUT2D eigenvalue weighted by molar-refractivity contribution is -0.173. The van der Waals surface area contributed by atoms with Crippen molar-refractivity contribution in [2.45, 2.75) is 31.9 Å². The molecule has 3 N–H and O–H groups in total. The van der Waals surface area contributed by atoms with Gasteiger partial charge in [0.25, 0.3) is 0 Å². The van der Waals surface area contributed by atoms with E-state index in [0.29, 0.717) is 19.4 Å². The van der Waals surface area contributed by atoms with Gasteiger partial charge in [-0.05, 0) is 32.4 Å². The normalized spacial score (nSPS) is 11.7. The Morgan fingerprint density at radius 2 is 1.82 bits per heavy atom. The third-order valence-corrected chi connectivity index (χ3v) is 1.93. The highest BCUT2D eigenvalue weighted by Gasteiger charge is 2.26. The van der Waals surface area contributed by atoms with Crippen molar-refractivity contribution in [3.8, 4) is 0 Å². The maximum atomic E-state index is 11.7. The number of amides is 1. The maximum Gasteiger partial charge on any atom is 0.411 e. The van der Waals surface area contributed by atoms with Crippen LogP contribution in [0.2, 0.25) is 0 Å². The van der Waals surface area contributed by atoms with Gasteiger partial charge < -0.3 is 15.8 Å². The van der Waals surface area contributed by atoms with E-state index in [1.165, 1.54) is 0 Å². The number of carbonyl (C=O) groups is 1. The van der Waals surface area contributed by atoms with E-state index in [1.54, 1.807) is 0 Å². The molecule has 17 heavy (non-hydrogen) atoms. The molecule has 102 valence electrons. The standard InChI is InChI=1S/C10H19F3N2O2/c11-10(12,13)8-17-7-3-6-15-5-2-1-4-9(14)16/h15H,1-8H2,(H2,14,16). The molecule has 7 heteroatoms. The quantitative estimate of drug-likeness (QED) is 0.577. The van der Waals surface area contributed by atoms with Crippen molar-refractivity contribution in [3.63, 3.8) is 0 Å². The van der Waals surface area contributed by atoms with Crippen LogP contribution in [0.1, 0.15) is 25.7 Å². The molecule has 0 radical (unpaired) electrons. The monoisotopic (exact) mass is 256 g/mol. The van der Waals surface area contributed by atoms with E-state index in [9.17, 15) is 18.0 Å². The van der Waals surface area contributed by atoms with Crippen LogP contribution < -0.4 is 11.1 Å². The third kappa shape index (κ3) is 15.2. The first kappa shape index (κ1) is 16.2. The van der Waals surface area contributed by atoms with Crippen molar-refractivity contribution < 1.29 is 22.7 Å². The summed E-state index contributed by atoms with van der Waals surface area (Å²) in [5.74, 6) is -0.314. The fraction of sp³-hybridized carbons (Fsp3) is 0.900. The summed E-state index contributed by atoms with van der Waals surface area (Å²) in [6.07, 6.45) is -1.79. The second-order valence-electron chi connectivity index (χ2n) is 3.69. The molecule has 0 aromatic heterocycles. The molecule has 0 aliphatic heterocycles. The molecule has 0 unspecified atom stereocenters. The minimum atomic E-state index is -4.25. The van der Waals surface area contributed by atoms with E-state index in [4.69, 9.17) is 5.73 Å². The Hall–Kier alpha value is -0.820. The number of hydrogen-bond donors (Lipinski definition) is 2. The van der Waals surface area contributed by atoms with E-state index >= 15 is 0 Å².